The minimum absolute atomic E-state index is 0.00807. The van der Waals surface area contributed by atoms with E-state index in [-0.39, 0.29) is 77.2 Å². The smallest absolute Gasteiger partial charge is 0.426 e. The zero-order chi connectivity index (χ0) is 58.1. The summed E-state index contributed by atoms with van der Waals surface area (Å²) in [5, 5.41) is 85.8. The quantitative estimate of drug-likeness (QED) is 0.0437. The van der Waals surface area contributed by atoms with Gasteiger partial charge in [0.1, 0.15) is 44.3 Å². The van der Waals surface area contributed by atoms with Crippen LogP contribution in [0.4, 0.5) is 11.4 Å². The first-order valence-electron chi connectivity index (χ1n) is 25.1. The van der Waals surface area contributed by atoms with Gasteiger partial charge in [-0.05, 0) is 82.9 Å². The molecule has 0 saturated heterocycles. The number of hydrogen-bond donors (Lipinski definition) is 6. The molecule has 18 heteroatoms. The Labute approximate surface area is 462 Å². The third-order valence-electron chi connectivity index (χ3n) is 15.5. The first-order valence-corrected chi connectivity index (χ1v) is 27.9. The summed E-state index contributed by atoms with van der Waals surface area (Å²) >= 11 is 0. The number of phenolic OH excluding ortho intramolecular Hbond substituents is 6. The molecule has 406 valence electrons. The molecule has 0 radical (unpaired) electrons. The number of fused-ring (bicyclic) bond motifs is 2. The van der Waals surface area contributed by atoms with Gasteiger partial charge in [0.15, 0.2) is 9.95 Å². The van der Waals surface area contributed by atoms with Crippen LogP contribution in [0.15, 0.2) is 168 Å². The van der Waals surface area contributed by atoms with Crippen LogP contribution in [-0.2, 0) is 41.9 Å². The highest BCUT2D eigenvalue weighted by Gasteiger charge is 2.36. The van der Waals surface area contributed by atoms with Crippen molar-refractivity contribution in [2.45, 2.75) is 86.8 Å². The molecule has 6 N–H and O–H groups in total. The second-order valence-corrected chi connectivity index (χ2v) is 24.8. The van der Waals surface area contributed by atoms with Gasteiger partial charge in [0.2, 0.25) is 22.3 Å². The fourth-order valence-corrected chi connectivity index (χ4v) is 12.8. The third-order valence-corrected chi connectivity index (χ3v) is 18.1. The molecule has 16 nitrogen and oxygen atoms in total. The number of hydrogen-bond acceptors (Lipinski definition) is 14. The Bertz CT molecular complexity index is 4020. The second kappa shape index (κ2) is 19.8. The Kier molecular flexibility index (Phi) is 13.7. The Morgan fingerprint density at radius 2 is 0.637 bits per heavy atom. The number of aromatic hydroxyl groups is 6. The molecule has 9 rings (SSSR count). The number of phenols is 6. The summed E-state index contributed by atoms with van der Waals surface area (Å²) in [7, 11) is -8.84. The van der Waals surface area contributed by atoms with Gasteiger partial charge in [0, 0.05) is 89.7 Å². The largest absolute Gasteiger partial charge is 0.507 e. The molecule has 0 saturated carbocycles. The molecule has 9 aromatic carbocycles. The molecule has 0 spiro atoms. The van der Waals surface area contributed by atoms with E-state index in [1.54, 1.807) is 36.4 Å². The van der Waals surface area contributed by atoms with Crippen molar-refractivity contribution in [2.24, 2.45) is 0 Å². The lowest BCUT2D eigenvalue weighted by atomic mass is 9.71. The molecule has 0 aromatic heterocycles. The van der Waals surface area contributed by atoms with E-state index in [4.69, 9.17) is 8.37 Å². The predicted molar refractivity (Wildman–Crippen MR) is 304 cm³/mol. The highest BCUT2D eigenvalue weighted by Crippen LogP contribution is 2.49. The molecule has 0 heterocycles. The van der Waals surface area contributed by atoms with Gasteiger partial charge in [0.05, 0.1) is 0 Å². The molecule has 9 aromatic rings. The van der Waals surface area contributed by atoms with Gasteiger partial charge in [0.25, 0.3) is 0 Å². The number of rotatable bonds is 14. The van der Waals surface area contributed by atoms with Crippen LogP contribution in [0.1, 0.15) is 99.9 Å². The molecule has 0 amide bonds. The standard InChI is InChI=1S/C62H54N4O12S2/c1-59(2,45-31-47(53(69)33-51(45)67)61(5,6)37-19-23-39(24-20-37)77-79(73,74)55-13-9-11-43-41(55)27-29-49(65-63)57(43)71)35-15-17-36(18-16-35)60(3,4)46-32-48(54(70)34-52(46)68)62(7,8)38-21-25-40(26-22-38)78-80(75,76)56-14-10-12-44-42(56)28-30-50(66-64)58(44)72/h9-34H,1-8H3,(H4-2,67,68,69,70,71,72)/p+2. The van der Waals surface area contributed by atoms with Gasteiger partial charge in [-0.25, -0.2) is 0 Å². The summed E-state index contributed by atoms with van der Waals surface area (Å²) < 4.78 is 65.4. The van der Waals surface area contributed by atoms with Crippen LogP contribution in [0.2, 0.25) is 0 Å². The van der Waals surface area contributed by atoms with E-state index >= 15 is 0 Å². The molecular formula is C62H56N4O12S2+2. The van der Waals surface area contributed by atoms with E-state index in [0.29, 0.717) is 33.4 Å². The van der Waals surface area contributed by atoms with Crippen LogP contribution in [0.5, 0.6) is 46.0 Å². The topological polar surface area (TPSA) is 264 Å². The van der Waals surface area contributed by atoms with Crippen molar-refractivity contribution in [2.75, 3.05) is 0 Å². The predicted octanol–water partition coefficient (Wildman–Crippen LogP) is 14.0. The first-order chi connectivity index (χ1) is 37.5. The number of benzene rings is 9. The summed E-state index contributed by atoms with van der Waals surface area (Å²) in [5.74, 6) is -1.35. The third kappa shape index (κ3) is 9.62. The van der Waals surface area contributed by atoms with Gasteiger partial charge in [-0.15, -0.1) is 0 Å². The van der Waals surface area contributed by atoms with E-state index < -0.39 is 53.4 Å². The molecule has 0 aliphatic heterocycles. The van der Waals surface area contributed by atoms with Crippen LogP contribution >= 0.6 is 0 Å². The van der Waals surface area contributed by atoms with Crippen LogP contribution in [0.3, 0.4) is 0 Å². The highest BCUT2D eigenvalue weighted by molar-refractivity contribution is 7.87. The molecule has 0 aliphatic rings. The lowest BCUT2D eigenvalue weighted by molar-refractivity contribution is 0.422. The van der Waals surface area contributed by atoms with Gasteiger partial charge in [-0.2, -0.15) is 16.8 Å². The minimum atomic E-state index is -4.42. The fourth-order valence-electron chi connectivity index (χ4n) is 10.5. The van der Waals surface area contributed by atoms with Crippen molar-refractivity contribution in [1.29, 1.82) is 10.8 Å². The van der Waals surface area contributed by atoms with Crippen LogP contribution in [-0.4, -0.2) is 47.5 Å². The van der Waals surface area contributed by atoms with E-state index in [1.807, 2.05) is 79.7 Å². The maximum absolute atomic E-state index is 13.6. The zero-order valence-corrected chi connectivity index (χ0v) is 46.4. The van der Waals surface area contributed by atoms with Crippen LogP contribution in [0.25, 0.3) is 31.5 Å². The lowest BCUT2D eigenvalue weighted by Crippen LogP contribution is -2.25. The molecule has 0 fully saturated rings. The SMILES string of the molecule is CC(C)(c1ccc(OS(=O)(=O)c2cccc3c(O)c([N+]#N)ccc23)cc1)c1cc(C(C)(C)c2ccc(C(C)(C)c3cc(C(C)(C)c4ccc(OS(=O)(=O)c5cccc6c(O)c([N+]#N)ccc56)cc4)c(O)cc3O)cc2)c(O)cc1O. The van der Waals surface area contributed by atoms with Gasteiger partial charge in [-0.1, -0.05) is 128 Å². The van der Waals surface area contributed by atoms with Crippen molar-refractivity contribution in [3.8, 4) is 46.0 Å². The monoisotopic (exact) mass is 1110 g/mol. The van der Waals surface area contributed by atoms with Gasteiger partial charge >= 0.3 is 31.6 Å². The molecule has 0 aliphatic carbocycles. The summed E-state index contributed by atoms with van der Waals surface area (Å²) in [6, 6.07) is 40.5. The summed E-state index contributed by atoms with van der Waals surface area (Å²) in [4.78, 5) is 5.66. The van der Waals surface area contributed by atoms with Crippen LogP contribution < -0.4 is 8.37 Å². The summed E-state index contributed by atoms with van der Waals surface area (Å²) in [6.45, 7) is 15.3. The Morgan fingerprint density at radius 1 is 0.362 bits per heavy atom. The van der Waals surface area contributed by atoms with Crippen molar-refractivity contribution in [1.82, 2.24) is 0 Å². The van der Waals surface area contributed by atoms with E-state index in [1.165, 1.54) is 97.1 Å². The second-order valence-electron chi connectivity index (χ2n) is 21.7. The maximum atomic E-state index is 13.6. The van der Waals surface area contributed by atoms with Crippen molar-refractivity contribution in [3.05, 3.63) is 212 Å². The maximum Gasteiger partial charge on any atom is 0.426 e. The van der Waals surface area contributed by atoms with Crippen molar-refractivity contribution >= 4 is 53.2 Å². The van der Waals surface area contributed by atoms with Gasteiger partial charge in [-0.3, -0.25) is 0 Å². The van der Waals surface area contributed by atoms with E-state index in [9.17, 15) is 58.3 Å². The zero-order valence-electron chi connectivity index (χ0n) is 44.7. The van der Waals surface area contributed by atoms with Crippen molar-refractivity contribution in [3.63, 3.8) is 0 Å². The van der Waals surface area contributed by atoms with E-state index in [2.05, 4.69) is 9.95 Å². The average Bonchev–Trinajstić information content (AvgIpc) is 3.43. The number of diazo groups is 2. The molecular weight excluding hydrogens is 1060 g/mol. The Hall–Kier alpha value is -9.36. The minimum Gasteiger partial charge on any atom is -0.507 e. The van der Waals surface area contributed by atoms with Gasteiger partial charge < -0.3 is 39.0 Å². The average molecular weight is 1110 g/mol. The Balaban J connectivity index is 0.939. The molecule has 0 unspecified atom stereocenters. The fraction of sp³-hybridized carbons (Fsp3) is 0.194. The van der Waals surface area contributed by atoms with Crippen molar-refractivity contribution < 1.29 is 55.8 Å². The summed E-state index contributed by atoms with van der Waals surface area (Å²) in [6.07, 6.45) is 0. The highest BCUT2D eigenvalue weighted by atomic mass is 32.2. The van der Waals surface area contributed by atoms with Crippen LogP contribution in [0, 0.1) is 10.8 Å². The normalized spacial score (nSPS) is 12.5. The van der Waals surface area contributed by atoms with E-state index in [0.717, 1.165) is 11.1 Å². The molecule has 80 heavy (non-hydrogen) atoms. The Morgan fingerprint density at radius 3 is 0.912 bits per heavy atom. The lowest BCUT2D eigenvalue weighted by Gasteiger charge is -2.33. The molecule has 0 bridgehead atoms. The number of nitrogens with zero attached hydrogens (tertiary/aromatic N) is 4. The molecule has 0 atom stereocenters. The summed E-state index contributed by atoms with van der Waals surface area (Å²) in [5.41, 5.74) is 1.29. The first kappa shape index (κ1) is 55.4.